The van der Waals surface area contributed by atoms with E-state index in [1.165, 1.54) is 6.07 Å². The van der Waals surface area contributed by atoms with Gasteiger partial charge in [-0.2, -0.15) is 17.5 Å². The number of halogens is 3. The zero-order valence-corrected chi connectivity index (χ0v) is 17.0. The van der Waals surface area contributed by atoms with Gasteiger partial charge in [0.05, 0.1) is 10.5 Å². The number of rotatable bonds is 6. The van der Waals surface area contributed by atoms with Gasteiger partial charge in [0.1, 0.15) is 0 Å². The van der Waals surface area contributed by atoms with Gasteiger partial charge in [-0.3, -0.25) is 4.79 Å². The number of hydrogen-bond acceptors (Lipinski definition) is 3. The summed E-state index contributed by atoms with van der Waals surface area (Å²) in [5, 5.41) is 2.86. The van der Waals surface area contributed by atoms with Gasteiger partial charge < -0.3 is 5.32 Å². The summed E-state index contributed by atoms with van der Waals surface area (Å²) in [6.07, 6.45) is -3.54. The topological polar surface area (TPSA) is 66.5 Å². The molecule has 2 aromatic carbocycles. The number of alkyl halides is 3. The molecule has 0 spiro atoms. The van der Waals surface area contributed by atoms with E-state index in [2.05, 4.69) is 5.32 Å². The molecule has 1 N–H and O–H groups in total. The van der Waals surface area contributed by atoms with Crippen molar-refractivity contribution >= 4 is 15.9 Å². The molecule has 3 rings (SSSR count). The molecule has 1 heterocycles. The van der Waals surface area contributed by atoms with Crippen molar-refractivity contribution in [3.05, 3.63) is 65.7 Å². The van der Waals surface area contributed by atoms with Crippen LogP contribution in [-0.4, -0.2) is 38.3 Å². The van der Waals surface area contributed by atoms with Crippen molar-refractivity contribution < 1.29 is 26.4 Å². The number of benzene rings is 2. The lowest BCUT2D eigenvalue weighted by Crippen LogP contribution is -2.43. The zero-order valence-electron chi connectivity index (χ0n) is 16.2. The first kappa shape index (κ1) is 22.3. The zero-order chi connectivity index (χ0) is 21.8. The molecule has 5 nitrogen and oxygen atoms in total. The molecule has 162 valence electrons. The van der Waals surface area contributed by atoms with Gasteiger partial charge in [0.25, 0.3) is 0 Å². The third-order valence-electron chi connectivity index (χ3n) is 5.19. The molecular formula is C21H23F3N2O3S. The van der Waals surface area contributed by atoms with Crippen LogP contribution in [0.4, 0.5) is 13.2 Å². The van der Waals surface area contributed by atoms with Crippen molar-refractivity contribution in [2.24, 2.45) is 5.92 Å². The van der Waals surface area contributed by atoms with Crippen LogP contribution in [0.15, 0.2) is 59.5 Å². The molecule has 1 aliphatic rings. The predicted octanol–water partition coefficient (Wildman–Crippen LogP) is 3.47. The second-order valence-electron chi connectivity index (χ2n) is 7.20. The van der Waals surface area contributed by atoms with E-state index in [1.54, 1.807) is 0 Å². The first-order valence-corrected chi connectivity index (χ1v) is 11.1. The number of carbonyl (C=O) groups excluding carboxylic acids is 1. The Morgan fingerprint density at radius 3 is 2.23 bits per heavy atom. The second-order valence-corrected chi connectivity index (χ2v) is 9.11. The molecule has 9 heteroatoms. The van der Waals surface area contributed by atoms with Crippen LogP contribution in [0.1, 0.15) is 24.0 Å². The minimum atomic E-state index is -4.76. The fourth-order valence-corrected chi connectivity index (χ4v) is 5.22. The molecule has 0 saturated carbocycles. The molecule has 0 radical (unpaired) electrons. The molecule has 0 unspecified atom stereocenters. The van der Waals surface area contributed by atoms with Gasteiger partial charge in [0, 0.05) is 25.6 Å². The summed E-state index contributed by atoms with van der Waals surface area (Å²) in [4.78, 5) is 11.6. The molecule has 1 amide bonds. The highest BCUT2D eigenvalue weighted by molar-refractivity contribution is 7.89. The van der Waals surface area contributed by atoms with Crippen molar-refractivity contribution in [3.63, 3.8) is 0 Å². The summed E-state index contributed by atoms with van der Waals surface area (Å²) in [7, 11) is -4.30. The Morgan fingerprint density at radius 1 is 1.00 bits per heavy atom. The molecule has 1 saturated heterocycles. The third-order valence-corrected chi connectivity index (χ3v) is 7.15. The number of hydrogen-bond donors (Lipinski definition) is 1. The van der Waals surface area contributed by atoms with Crippen molar-refractivity contribution in [2.45, 2.75) is 30.3 Å². The molecule has 1 aliphatic heterocycles. The van der Waals surface area contributed by atoms with E-state index >= 15 is 0 Å². The minimum Gasteiger partial charge on any atom is -0.356 e. The maximum absolute atomic E-state index is 13.2. The largest absolute Gasteiger partial charge is 0.417 e. The first-order valence-electron chi connectivity index (χ1n) is 9.67. The summed E-state index contributed by atoms with van der Waals surface area (Å²) >= 11 is 0. The molecule has 0 atom stereocenters. The molecular weight excluding hydrogens is 417 g/mol. The fraction of sp³-hybridized carbons (Fsp3) is 0.381. The predicted molar refractivity (Wildman–Crippen MR) is 106 cm³/mol. The van der Waals surface area contributed by atoms with Crippen molar-refractivity contribution in [2.75, 3.05) is 19.6 Å². The average Bonchev–Trinajstić information content (AvgIpc) is 2.74. The minimum absolute atomic E-state index is 0.00525. The SMILES string of the molecule is O=C(NCCc1ccccc1)C1CCN(S(=O)(=O)c2ccccc2C(F)(F)F)CC1. The van der Waals surface area contributed by atoms with Crippen LogP contribution >= 0.6 is 0 Å². The van der Waals surface area contributed by atoms with Gasteiger partial charge in [-0.25, -0.2) is 8.42 Å². The van der Waals surface area contributed by atoms with Gasteiger partial charge in [0.15, 0.2) is 0 Å². The Labute approximate surface area is 173 Å². The number of amides is 1. The van der Waals surface area contributed by atoms with E-state index in [1.807, 2.05) is 30.3 Å². The summed E-state index contributed by atoms with van der Waals surface area (Å²) in [6.45, 7) is 0.483. The van der Waals surface area contributed by atoms with Gasteiger partial charge in [-0.05, 0) is 37.0 Å². The van der Waals surface area contributed by atoms with Crippen molar-refractivity contribution in [3.8, 4) is 0 Å². The Bertz CT molecular complexity index is 970. The summed E-state index contributed by atoms with van der Waals surface area (Å²) in [5.41, 5.74) is -0.0761. The van der Waals surface area contributed by atoms with Crippen LogP contribution in [0, 0.1) is 5.92 Å². The fourth-order valence-electron chi connectivity index (χ4n) is 3.54. The van der Waals surface area contributed by atoms with Crippen LogP contribution in [0.2, 0.25) is 0 Å². The summed E-state index contributed by atoms with van der Waals surface area (Å²) in [5.74, 6) is -0.510. The number of nitrogens with zero attached hydrogens (tertiary/aromatic N) is 1. The summed E-state index contributed by atoms with van der Waals surface area (Å²) in [6, 6.07) is 13.9. The van der Waals surface area contributed by atoms with E-state index in [-0.39, 0.29) is 37.8 Å². The Kier molecular flexibility index (Phi) is 6.82. The Balaban J connectivity index is 1.58. The lowest BCUT2D eigenvalue weighted by Gasteiger charge is -2.31. The Morgan fingerprint density at radius 2 is 1.60 bits per heavy atom. The maximum Gasteiger partial charge on any atom is 0.417 e. The average molecular weight is 440 g/mol. The number of sulfonamides is 1. The van der Waals surface area contributed by atoms with Crippen LogP contribution in [0.5, 0.6) is 0 Å². The first-order chi connectivity index (χ1) is 14.2. The summed E-state index contributed by atoms with van der Waals surface area (Å²) < 4.78 is 66.3. The van der Waals surface area contributed by atoms with E-state index in [0.717, 1.165) is 28.1 Å². The molecule has 2 aromatic rings. The van der Waals surface area contributed by atoms with E-state index < -0.39 is 26.7 Å². The quantitative estimate of drug-likeness (QED) is 0.748. The maximum atomic E-state index is 13.2. The monoisotopic (exact) mass is 440 g/mol. The number of nitrogens with one attached hydrogen (secondary N) is 1. The lowest BCUT2D eigenvalue weighted by atomic mass is 9.97. The van der Waals surface area contributed by atoms with Gasteiger partial charge in [0.2, 0.25) is 15.9 Å². The van der Waals surface area contributed by atoms with E-state index in [0.29, 0.717) is 13.0 Å². The molecule has 0 bridgehead atoms. The van der Waals surface area contributed by atoms with Gasteiger partial charge in [-0.1, -0.05) is 42.5 Å². The van der Waals surface area contributed by atoms with E-state index in [4.69, 9.17) is 0 Å². The molecule has 0 aromatic heterocycles. The van der Waals surface area contributed by atoms with Crippen LogP contribution in [0.3, 0.4) is 0 Å². The van der Waals surface area contributed by atoms with Crippen LogP contribution < -0.4 is 5.32 Å². The molecule has 0 aliphatic carbocycles. The van der Waals surface area contributed by atoms with Crippen molar-refractivity contribution in [1.29, 1.82) is 0 Å². The third kappa shape index (κ3) is 5.20. The molecule has 30 heavy (non-hydrogen) atoms. The lowest BCUT2D eigenvalue weighted by molar-refractivity contribution is -0.139. The van der Waals surface area contributed by atoms with Gasteiger partial charge in [-0.15, -0.1) is 0 Å². The highest BCUT2D eigenvalue weighted by atomic mass is 32.2. The number of piperidine rings is 1. The van der Waals surface area contributed by atoms with Gasteiger partial charge >= 0.3 is 6.18 Å². The Hall–Kier alpha value is -2.39. The van der Waals surface area contributed by atoms with Crippen molar-refractivity contribution in [1.82, 2.24) is 9.62 Å². The highest BCUT2D eigenvalue weighted by Crippen LogP contribution is 2.36. The highest BCUT2D eigenvalue weighted by Gasteiger charge is 2.40. The smallest absolute Gasteiger partial charge is 0.356 e. The van der Waals surface area contributed by atoms with E-state index in [9.17, 15) is 26.4 Å². The standard InChI is InChI=1S/C21H23F3N2O3S/c22-21(23,24)18-8-4-5-9-19(18)30(28,29)26-14-11-17(12-15-26)20(27)25-13-10-16-6-2-1-3-7-16/h1-9,17H,10-15H2,(H,25,27). The van der Waals surface area contributed by atoms with Crippen LogP contribution in [-0.2, 0) is 27.4 Å². The van der Waals surface area contributed by atoms with Crippen LogP contribution in [0.25, 0.3) is 0 Å². The number of carbonyl (C=O) groups is 1. The molecule has 1 fully saturated rings. The second kappa shape index (κ2) is 9.18. The normalized spacial score (nSPS) is 16.4.